The van der Waals surface area contributed by atoms with Crippen molar-refractivity contribution in [3.8, 4) is 6.07 Å². The predicted molar refractivity (Wildman–Crippen MR) is 77.0 cm³/mol. The van der Waals surface area contributed by atoms with Gasteiger partial charge in [0.2, 0.25) is 0 Å². The number of aryl methyl sites for hydroxylation is 1. The molecule has 1 heterocycles. The molecular weight excluding hydrogens is 258 g/mol. The van der Waals surface area contributed by atoms with E-state index in [9.17, 15) is 0 Å². The second kappa shape index (κ2) is 8.01. The van der Waals surface area contributed by atoms with E-state index in [1.54, 1.807) is 7.11 Å². The number of nitrogens with two attached hydrogens (primary N) is 2. The van der Waals surface area contributed by atoms with Gasteiger partial charge >= 0.3 is 0 Å². The summed E-state index contributed by atoms with van der Waals surface area (Å²) in [6, 6.07) is 2.14. The van der Waals surface area contributed by atoms with Crippen LogP contribution in [0.1, 0.15) is 24.6 Å². The Labute approximate surface area is 118 Å². The maximum absolute atomic E-state index is 8.92. The molecule has 0 aromatic carbocycles. The molecule has 8 heteroatoms. The van der Waals surface area contributed by atoms with Crippen LogP contribution in [0.2, 0.25) is 0 Å². The van der Waals surface area contributed by atoms with Gasteiger partial charge in [-0.25, -0.2) is 0 Å². The average molecular weight is 279 g/mol. The lowest BCUT2D eigenvalue weighted by Gasteiger charge is -2.12. The van der Waals surface area contributed by atoms with Crippen LogP contribution in [-0.4, -0.2) is 42.5 Å². The summed E-state index contributed by atoms with van der Waals surface area (Å²) in [5, 5.41) is 18.5. The van der Waals surface area contributed by atoms with Gasteiger partial charge in [0, 0.05) is 19.7 Å². The van der Waals surface area contributed by atoms with Crippen LogP contribution in [0, 0.1) is 11.3 Å². The minimum Gasteiger partial charge on any atom is -0.383 e. The summed E-state index contributed by atoms with van der Waals surface area (Å²) < 4.78 is 4.99. The third-order valence-electron chi connectivity index (χ3n) is 2.66. The maximum Gasteiger partial charge on any atom is 0.188 e. The van der Waals surface area contributed by atoms with Gasteiger partial charge in [-0.05, 0) is 19.8 Å². The molecular formula is C12H21N7O. The fourth-order valence-corrected chi connectivity index (χ4v) is 1.74. The number of nitrogens with zero attached hydrogens (tertiary/aromatic N) is 3. The molecule has 0 saturated carbocycles. The van der Waals surface area contributed by atoms with Gasteiger partial charge in [-0.3, -0.25) is 10.1 Å². The van der Waals surface area contributed by atoms with Crippen LogP contribution in [0.15, 0.2) is 4.99 Å². The van der Waals surface area contributed by atoms with Crippen molar-refractivity contribution in [2.45, 2.75) is 25.8 Å². The summed E-state index contributed by atoms with van der Waals surface area (Å²) >= 11 is 0. The fraction of sp³-hybridized carbons (Fsp3) is 0.583. The lowest BCUT2D eigenvalue weighted by Crippen LogP contribution is -2.40. The van der Waals surface area contributed by atoms with E-state index in [4.69, 9.17) is 21.5 Å². The van der Waals surface area contributed by atoms with Crippen LogP contribution in [-0.2, 0) is 11.2 Å². The number of aromatic amines is 1. The smallest absolute Gasteiger partial charge is 0.188 e. The van der Waals surface area contributed by atoms with Crippen LogP contribution in [0.5, 0.6) is 0 Å². The number of H-pyrrole nitrogens is 1. The van der Waals surface area contributed by atoms with E-state index < -0.39 is 0 Å². The minimum atomic E-state index is 0.112. The molecule has 0 aliphatic rings. The first kappa shape index (κ1) is 15.8. The second-order valence-electron chi connectivity index (χ2n) is 4.45. The third kappa shape index (κ3) is 4.78. The maximum atomic E-state index is 8.92. The highest BCUT2D eigenvalue weighted by Gasteiger charge is 2.09. The van der Waals surface area contributed by atoms with E-state index >= 15 is 0 Å². The Morgan fingerprint density at radius 1 is 1.65 bits per heavy atom. The van der Waals surface area contributed by atoms with Gasteiger partial charge < -0.3 is 21.5 Å². The van der Waals surface area contributed by atoms with Gasteiger partial charge in [-0.1, -0.05) is 0 Å². The first-order valence-corrected chi connectivity index (χ1v) is 6.36. The first-order chi connectivity index (χ1) is 9.58. The van der Waals surface area contributed by atoms with Gasteiger partial charge in [0.1, 0.15) is 11.6 Å². The molecule has 1 rings (SSSR count). The fourth-order valence-electron chi connectivity index (χ4n) is 1.74. The van der Waals surface area contributed by atoms with Crippen molar-refractivity contribution in [3.63, 3.8) is 0 Å². The number of aliphatic imine (C=N–C) groups is 1. The molecule has 0 aliphatic heterocycles. The molecule has 1 aromatic heterocycles. The zero-order valence-electron chi connectivity index (χ0n) is 11.8. The molecule has 1 unspecified atom stereocenters. The molecule has 0 amide bonds. The highest BCUT2D eigenvalue weighted by molar-refractivity contribution is 5.78. The van der Waals surface area contributed by atoms with E-state index in [2.05, 4.69) is 20.5 Å². The Balaban J connectivity index is 2.35. The lowest BCUT2D eigenvalue weighted by molar-refractivity contribution is 0.179. The Morgan fingerprint density at radius 2 is 2.40 bits per heavy atom. The van der Waals surface area contributed by atoms with Gasteiger partial charge in [-0.15, -0.1) is 0 Å². The van der Waals surface area contributed by atoms with E-state index in [1.807, 2.05) is 13.0 Å². The van der Waals surface area contributed by atoms with Gasteiger partial charge in [0.05, 0.1) is 12.3 Å². The number of nitrogens with one attached hydrogen (secondary N) is 2. The zero-order chi connectivity index (χ0) is 15.0. The molecule has 0 saturated heterocycles. The highest BCUT2D eigenvalue weighted by atomic mass is 16.5. The van der Waals surface area contributed by atoms with Crippen LogP contribution >= 0.6 is 0 Å². The van der Waals surface area contributed by atoms with Crippen LogP contribution in [0.4, 0.5) is 5.82 Å². The number of hydrogen-bond donors (Lipinski definition) is 4. The number of guanidine groups is 1. The van der Waals surface area contributed by atoms with E-state index in [-0.39, 0.29) is 11.9 Å². The molecule has 1 aromatic rings. The Kier molecular flexibility index (Phi) is 6.32. The summed E-state index contributed by atoms with van der Waals surface area (Å²) in [4.78, 5) is 4.20. The molecule has 20 heavy (non-hydrogen) atoms. The van der Waals surface area contributed by atoms with Crippen molar-refractivity contribution in [3.05, 3.63) is 11.3 Å². The van der Waals surface area contributed by atoms with E-state index in [0.29, 0.717) is 31.1 Å². The standard InChI is InChI=1S/C12H21N7O/c1-8(7-20-2)17-12(15)16-5-3-4-10-9(6-13)11(14)19-18-10/h8H,3-5,7H2,1-2H3,(H3,14,18,19)(H3,15,16,17). The quantitative estimate of drug-likeness (QED) is 0.308. The Morgan fingerprint density at radius 3 is 3.05 bits per heavy atom. The molecule has 8 nitrogen and oxygen atoms in total. The molecule has 0 fully saturated rings. The largest absolute Gasteiger partial charge is 0.383 e. The van der Waals surface area contributed by atoms with E-state index in [1.165, 1.54) is 0 Å². The summed E-state index contributed by atoms with van der Waals surface area (Å²) in [6.07, 6.45) is 1.40. The number of ether oxygens (including phenoxy) is 1. The van der Waals surface area contributed by atoms with Crippen molar-refractivity contribution in [1.29, 1.82) is 5.26 Å². The number of aromatic nitrogens is 2. The number of hydrogen-bond acceptors (Lipinski definition) is 5. The number of methoxy groups -OCH3 is 1. The topological polar surface area (TPSA) is 138 Å². The van der Waals surface area contributed by atoms with Crippen molar-refractivity contribution < 1.29 is 4.74 Å². The molecule has 6 N–H and O–H groups in total. The summed E-state index contributed by atoms with van der Waals surface area (Å²) in [5.41, 5.74) is 12.4. The minimum absolute atomic E-state index is 0.112. The highest BCUT2D eigenvalue weighted by Crippen LogP contribution is 2.13. The van der Waals surface area contributed by atoms with Gasteiger partial charge in [0.15, 0.2) is 11.8 Å². The Hall–Kier alpha value is -2.27. The molecule has 0 spiro atoms. The normalized spacial score (nSPS) is 12.9. The molecule has 0 radical (unpaired) electrons. The summed E-state index contributed by atoms with van der Waals surface area (Å²) in [7, 11) is 1.63. The van der Waals surface area contributed by atoms with Crippen molar-refractivity contribution >= 4 is 11.8 Å². The third-order valence-corrected chi connectivity index (χ3v) is 2.66. The number of anilines is 1. The Bertz CT molecular complexity index is 488. The van der Waals surface area contributed by atoms with E-state index in [0.717, 1.165) is 12.1 Å². The van der Waals surface area contributed by atoms with Gasteiger partial charge in [-0.2, -0.15) is 10.4 Å². The van der Waals surface area contributed by atoms with Crippen molar-refractivity contribution in [2.24, 2.45) is 10.7 Å². The number of nitriles is 1. The second-order valence-corrected chi connectivity index (χ2v) is 4.45. The monoisotopic (exact) mass is 279 g/mol. The van der Waals surface area contributed by atoms with Crippen LogP contribution < -0.4 is 16.8 Å². The molecule has 1 atom stereocenters. The number of nitrogen functional groups attached to an aromatic ring is 1. The average Bonchev–Trinajstić information content (AvgIpc) is 2.75. The molecule has 0 bridgehead atoms. The summed E-state index contributed by atoms with van der Waals surface area (Å²) in [5.74, 6) is 0.625. The first-order valence-electron chi connectivity index (χ1n) is 6.36. The van der Waals surface area contributed by atoms with Crippen LogP contribution in [0.3, 0.4) is 0 Å². The molecule has 110 valence electrons. The number of rotatable bonds is 7. The summed E-state index contributed by atoms with van der Waals surface area (Å²) in [6.45, 7) is 3.08. The zero-order valence-corrected chi connectivity index (χ0v) is 11.8. The van der Waals surface area contributed by atoms with Crippen molar-refractivity contribution in [2.75, 3.05) is 26.0 Å². The molecule has 0 aliphatic carbocycles. The lowest BCUT2D eigenvalue weighted by atomic mass is 10.1. The van der Waals surface area contributed by atoms with Gasteiger partial charge in [0.25, 0.3) is 0 Å². The van der Waals surface area contributed by atoms with Crippen molar-refractivity contribution in [1.82, 2.24) is 15.5 Å². The predicted octanol–water partition coefficient (Wildman–Crippen LogP) is -0.265. The SMILES string of the molecule is COCC(C)NC(N)=NCCCc1[nH]nc(N)c1C#N. The van der Waals surface area contributed by atoms with Crippen LogP contribution in [0.25, 0.3) is 0 Å².